The molecule has 1 unspecified atom stereocenters. The van der Waals surface area contributed by atoms with Crippen LogP contribution in [0, 0.1) is 19.9 Å². The molecule has 5 heteroatoms. The van der Waals surface area contributed by atoms with Crippen molar-refractivity contribution in [3.63, 3.8) is 0 Å². The normalized spacial score (nSPS) is 10.9. The van der Waals surface area contributed by atoms with E-state index in [2.05, 4.69) is 95.5 Å². The van der Waals surface area contributed by atoms with Gasteiger partial charge in [-0.2, -0.15) is 49.2 Å². The van der Waals surface area contributed by atoms with Crippen LogP contribution in [-0.4, -0.2) is 12.1 Å². The Balaban J connectivity index is 0.000000343. The number of para-hydroxylation sites is 1. The number of rotatable bonds is 8. The summed E-state index contributed by atoms with van der Waals surface area (Å²) < 4.78 is 5.54. The fourth-order valence-corrected chi connectivity index (χ4v) is 5.85. The molecule has 0 amide bonds. The van der Waals surface area contributed by atoms with Crippen molar-refractivity contribution in [3.05, 3.63) is 191 Å². The molecule has 0 radical (unpaired) electrons. The van der Waals surface area contributed by atoms with Crippen LogP contribution >= 0.6 is 11.3 Å². The number of benzene rings is 5. The minimum absolute atomic E-state index is 0. The van der Waals surface area contributed by atoms with Crippen LogP contribution in [0.2, 0.25) is 0 Å². The molecule has 0 aliphatic rings. The van der Waals surface area contributed by atoms with Gasteiger partial charge in [0.15, 0.2) is 0 Å². The zero-order chi connectivity index (χ0) is 33.6. The first-order valence-corrected chi connectivity index (χ1v) is 16.8. The largest absolute Gasteiger partial charge is 4.00 e. The molecule has 6 rings (SSSR count). The van der Waals surface area contributed by atoms with Gasteiger partial charge in [0, 0.05) is 11.4 Å². The van der Waals surface area contributed by atoms with Crippen LogP contribution in [0.15, 0.2) is 133 Å². The molecule has 242 valence electrons. The first-order chi connectivity index (χ1) is 22.8. The SMILES string of the molecule is COc1ccc[c-]c1-c1csc(C([N-]c2c(C(C)C)cccc2C(C)C)c2ccccc2)n1.[CH2-]c1ccccc1.[CH2-]c1ccccc1.[Zr+4]. The maximum atomic E-state index is 5.54. The minimum atomic E-state index is -0.183. The molecular formula is C43H44N2OSZr. The maximum Gasteiger partial charge on any atom is 4.00 e. The van der Waals surface area contributed by atoms with Crippen LogP contribution in [0.1, 0.15) is 78.4 Å². The van der Waals surface area contributed by atoms with Gasteiger partial charge >= 0.3 is 26.2 Å². The van der Waals surface area contributed by atoms with E-state index in [-0.39, 0.29) is 32.2 Å². The molecule has 48 heavy (non-hydrogen) atoms. The van der Waals surface area contributed by atoms with Gasteiger partial charge in [0.25, 0.3) is 0 Å². The molecule has 5 aromatic carbocycles. The fraction of sp³-hybridized carbons (Fsp3) is 0.186. The van der Waals surface area contributed by atoms with Crippen LogP contribution in [-0.2, 0) is 26.2 Å². The Morgan fingerprint density at radius 1 is 0.688 bits per heavy atom. The van der Waals surface area contributed by atoms with E-state index >= 15 is 0 Å². The third-order valence-electron chi connectivity index (χ3n) is 7.45. The van der Waals surface area contributed by atoms with Crippen LogP contribution < -0.4 is 4.74 Å². The Bertz CT molecular complexity index is 1710. The summed E-state index contributed by atoms with van der Waals surface area (Å²) in [6, 6.07) is 45.6. The molecule has 1 aromatic heterocycles. The summed E-state index contributed by atoms with van der Waals surface area (Å²) in [6.07, 6.45) is 0. The molecule has 0 saturated heterocycles. The van der Waals surface area contributed by atoms with Crippen molar-refractivity contribution in [3.8, 4) is 17.0 Å². The molecule has 0 bridgehead atoms. The van der Waals surface area contributed by atoms with Crippen molar-refractivity contribution in [2.24, 2.45) is 0 Å². The summed E-state index contributed by atoms with van der Waals surface area (Å²) in [5.74, 6) is 1.54. The predicted molar refractivity (Wildman–Crippen MR) is 201 cm³/mol. The van der Waals surface area contributed by atoms with Crippen molar-refractivity contribution in [2.75, 3.05) is 7.11 Å². The number of thiazole rings is 1. The first-order valence-electron chi connectivity index (χ1n) is 15.9. The van der Waals surface area contributed by atoms with Gasteiger partial charge < -0.3 is 10.1 Å². The van der Waals surface area contributed by atoms with E-state index in [0.717, 1.165) is 44.4 Å². The van der Waals surface area contributed by atoms with E-state index in [0.29, 0.717) is 11.8 Å². The number of methoxy groups -OCH3 is 1. The summed E-state index contributed by atoms with van der Waals surface area (Å²) >= 11 is 1.63. The molecule has 1 atom stereocenters. The Hall–Kier alpha value is -4.05. The van der Waals surface area contributed by atoms with Crippen molar-refractivity contribution in [1.29, 1.82) is 0 Å². The summed E-state index contributed by atoms with van der Waals surface area (Å²) in [5.41, 5.74) is 8.66. The third-order valence-corrected chi connectivity index (χ3v) is 8.35. The van der Waals surface area contributed by atoms with Gasteiger partial charge in [-0.3, -0.25) is 4.98 Å². The Morgan fingerprint density at radius 3 is 1.67 bits per heavy atom. The molecule has 3 nitrogen and oxygen atoms in total. The predicted octanol–water partition coefficient (Wildman–Crippen LogP) is 12.4. The first kappa shape index (κ1) is 38.4. The van der Waals surface area contributed by atoms with E-state index in [4.69, 9.17) is 15.0 Å². The standard InChI is InChI=1S/C29H30N2OS.2C7H7.Zr/c1-19(2)22-15-11-16-23(20(3)4)28(22)31-27(21-12-7-6-8-13-21)29-30-25(18-33-29)24-14-9-10-17-26(24)32-5;2*1-7-5-3-2-4-6-7;/h6-13,15-20,27H,1-5H3;2*2-6H,1H2;/q-2;2*-1;+4. The van der Waals surface area contributed by atoms with E-state index in [1.165, 1.54) is 11.1 Å². The van der Waals surface area contributed by atoms with E-state index in [1.54, 1.807) is 18.4 Å². The second-order valence-corrected chi connectivity index (χ2v) is 12.6. The number of hydrogen-bond donors (Lipinski definition) is 0. The number of hydrogen-bond acceptors (Lipinski definition) is 3. The fourth-order valence-electron chi connectivity index (χ4n) is 4.97. The zero-order valence-electron chi connectivity index (χ0n) is 28.6. The van der Waals surface area contributed by atoms with E-state index in [1.807, 2.05) is 84.9 Å². The van der Waals surface area contributed by atoms with Crippen molar-refractivity contribution >= 4 is 17.0 Å². The summed E-state index contributed by atoms with van der Waals surface area (Å²) in [7, 11) is 1.68. The Kier molecular flexibility index (Phi) is 15.8. The summed E-state index contributed by atoms with van der Waals surface area (Å²) in [5, 5.41) is 8.44. The van der Waals surface area contributed by atoms with E-state index < -0.39 is 0 Å². The van der Waals surface area contributed by atoms with Gasteiger partial charge in [-0.1, -0.05) is 111 Å². The van der Waals surface area contributed by atoms with Gasteiger partial charge in [-0.15, -0.1) is 65.6 Å². The third kappa shape index (κ3) is 11.0. The summed E-state index contributed by atoms with van der Waals surface area (Å²) in [4.78, 5) is 5.02. The maximum absolute atomic E-state index is 5.54. The van der Waals surface area contributed by atoms with Gasteiger partial charge in [0.2, 0.25) is 0 Å². The Morgan fingerprint density at radius 2 is 1.21 bits per heavy atom. The van der Waals surface area contributed by atoms with Crippen molar-refractivity contribution in [2.45, 2.75) is 45.6 Å². The van der Waals surface area contributed by atoms with Crippen LogP contribution in [0.3, 0.4) is 0 Å². The molecule has 0 aliphatic heterocycles. The second-order valence-electron chi connectivity index (χ2n) is 11.7. The number of ether oxygens (including phenoxy) is 1. The van der Waals surface area contributed by atoms with Gasteiger partial charge in [-0.25, -0.2) is 0 Å². The van der Waals surface area contributed by atoms with Gasteiger partial charge in [0.05, 0.1) is 12.1 Å². The van der Waals surface area contributed by atoms with Crippen molar-refractivity contribution in [1.82, 2.24) is 4.98 Å². The molecule has 1 heterocycles. The average Bonchev–Trinajstić information content (AvgIpc) is 3.58. The van der Waals surface area contributed by atoms with Gasteiger partial charge in [0.1, 0.15) is 0 Å². The molecule has 0 fully saturated rings. The zero-order valence-corrected chi connectivity index (χ0v) is 31.8. The van der Waals surface area contributed by atoms with E-state index in [9.17, 15) is 0 Å². The van der Waals surface area contributed by atoms with Crippen molar-refractivity contribution < 1.29 is 30.9 Å². The topological polar surface area (TPSA) is 36.2 Å². The summed E-state index contributed by atoms with van der Waals surface area (Å²) in [6.45, 7) is 16.4. The number of aromatic nitrogens is 1. The second kappa shape index (κ2) is 19.7. The molecule has 0 saturated carbocycles. The molecular weight excluding hydrogens is 684 g/mol. The molecule has 6 aromatic rings. The molecule has 0 N–H and O–H groups in total. The average molecular weight is 728 g/mol. The number of nitrogens with zero attached hydrogens (tertiary/aromatic N) is 2. The molecule has 0 aliphatic carbocycles. The van der Waals surface area contributed by atoms with Crippen LogP contribution in [0.25, 0.3) is 16.6 Å². The monoisotopic (exact) mass is 726 g/mol. The quantitative estimate of drug-likeness (QED) is 0.146. The Labute approximate surface area is 311 Å². The smallest absolute Gasteiger partial charge is 0.672 e. The molecule has 0 spiro atoms. The van der Waals surface area contributed by atoms with Crippen LogP contribution in [0.4, 0.5) is 5.69 Å². The van der Waals surface area contributed by atoms with Crippen LogP contribution in [0.5, 0.6) is 5.75 Å². The minimum Gasteiger partial charge on any atom is -0.672 e. The van der Waals surface area contributed by atoms with Gasteiger partial charge in [-0.05, 0) is 23.3 Å².